The summed E-state index contributed by atoms with van der Waals surface area (Å²) in [6.45, 7) is 5.20. The van der Waals surface area contributed by atoms with E-state index in [0.29, 0.717) is 5.92 Å². The summed E-state index contributed by atoms with van der Waals surface area (Å²) in [5.41, 5.74) is 1.18. The third-order valence-corrected chi connectivity index (χ3v) is 4.25. The van der Waals surface area contributed by atoms with Crippen LogP contribution in [0.15, 0.2) is 30.3 Å². The molecule has 0 aliphatic carbocycles. The van der Waals surface area contributed by atoms with E-state index in [4.69, 9.17) is 0 Å². The first-order valence-corrected chi connectivity index (χ1v) is 7.16. The molecule has 2 rings (SSSR count). The zero-order valence-electron chi connectivity index (χ0n) is 12.1. The lowest BCUT2D eigenvalue weighted by molar-refractivity contribution is -0.135. The van der Waals surface area contributed by atoms with Crippen molar-refractivity contribution in [3.8, 4) is 0 Å². The first-order valence-electron chi connectivity index (χ1n) is 7.16. The van der Waals surface area contributed by atoms with Gasteiger partial charge in [0, 0.05) is 7.05 Å². The topological polar surface area (TPSA) is 32.3 Å². The normalized spacial score (nSPS) is 24.8. The summed E-state index contributed by atoms with van der Waals surface area (Å²) in [6.07, 6.45) is 2.31. The molecule has 0 radical (unpaired) electrons. The van der Waals surface area contributed by atoms with E-state index in [-0.39, 0.29) is 18.0 Å². The van der Waals surface area contributed by atoms with E-state index < -0.39 is 0 Å². The molecule has 1 saturated heterocycles. The molecular weight excluding hydrogens is 236 g/mol. The fraction of sp³-hybridized carbons (Fsp3) is 0.562. The second-order valence-electron chi connectivity index (χ2n) is 5.59. The van der Waals surface area contributed by atoms with E-state index in [0.717, 1.165) is 13.0 Å². The van der Waals surface area contributed by atoms with E-state index in [2.05, 4.69) is 31.3 Å². The zero-order chi connectivity index (χ0) is 13.8. The van der Waals surface area contributed by atoms with Crippen molar-refractivity contribution in [1.82, 2.24) is 10.2 Å². The second kappa shape index (κ2) is 6.20. The van der Waals surface area contributed by atoms with Crippen LogP contribution >= 0.6 is 0 Å². The third-order valence-electron chi connectivity index (χ3n) is 4.25. The van der Waals surface area contributed by atoms with Crippen molar-refractivity contribution in [3.63, 3.8) is 0 Å². The van der Waals surface area contributed by atoms with Crippen molar-refractivity contribution in [2.24, 2.45) is 5.92 Å². The fourth-order valence-corrected chi connectivity index (χ4v) is 2.75. The monoisotopic (exact) mass is 260 g/mol. The van der Waals surface area contributed by atoms with Gasteiger partial charge in [0.05, 0.1) is 12.1 Å². The van der Waals surface area contributed by atoms with Crippen molar-refractivity contribution in [2.75, 3.05) is 13.6 Å². The van der Waals surface area contributed by atoms with Crippen LogP contribution in [0.1, 0.15) is 38.3 Å². The molecule has 3 nitrogen and oxygen atoms in total. The average Bonchev–Trinajstić information content (AvgIpc) is 2.46. The van der Waals surface area contributed by atoms with Gasteiger partial charge < -0.3 is 10.2 Å². The minimum Gasteiger partial charge on any atom is -0.338 e. The van der Waals surface area contributed by atoms with Crippen molar-refractivity contribution in [1.29, 1.82) is 0 Å². The van der Waals surface area contributed by atoms with E-state index in [1.54, 1.807) is 0 Å². The molecule has 0 spiro atoms. The lowest BCUT2D eigenvalue weighted by Crippen LogP contribution is -2.51. The average molecular weight is 260 g/mol. The minimum absolute atomic E-state index is 0.0232. The van der Waals surface area contributed by atoms with Crippen LogP contribution in [0.4, 0.5) is 0 Å². The van der Waals surface area contributed by atoms with E-state index in [1.807, 2.05) is 30.1 Å². The van der Waals surface area contributed by atoms with Crippen LogP contribution in [0.3, 0.4) is 0 Å². The highest BCUT2D eigenvalue weighted by Gasteiger charge is 2.31. The number of amides is 1. The molecule has 19 heavy (non-hydrogen) atoms. The number of hydrogen-bond acceptors (Lipinski definition) is 2. The van der Waals surface area contributed by atoms with Crippen LogP contribution in [-0.4, -0.2) is 30.4 Å². The molecule has 1 aliphatic heterocycles. The predicted octanol–water partition coefficient (Wildman–Crippen LogP) is 2.59. The van der Waals surface area contributed by atoms with Gasteiger partial charge in [-0.2, -0.15) is 0 Å². The SMILES string of the molecule is CC1CCCNC1C(=O)N(C)C(C)c1ccccc1. The van der Waals surface area contributed by atoms with E-state index >= 15 is 0 Å². The van der Waals surface area contributed by atoms with Gasteiger partial charge in [-0.15, -0.1) is 0 Å². The van der Waals surface area contributed by atoms with Gasteiger partial charge in [0.1, 0.15) is 0 Å². The number of rotatable bonds is 3. The Bertz CT molecular complexity index is 418. The van der Waals surface area contributed by atoms with Crippen molar-refractivity contribution in [3.05, 3.63) is 35.9 Å². The molecule has 0 saturated carbocycles. The van der Waals surface area contributed by atoms with Crippen LogP contribution in [0, 0.1) is 5.92 Å². The molecule has 3 heteroatoms. The molecule has 1 heterocycles. The number of nitrogens with zero attached hydrogens (tertiary/aromatic N) is 1. The standard InChI is InChI=1S/C16H24N2O/c1-12-8-7-11-17-15(12)16(19)18(3)13(2)14-9-5-4-6-10-14/h4-6,9-10,12-13,15,17H,7-8,11H2,1-3H3. The molecule has 1 amide bonds. The second-order valence-corrected chi connectivity index (χ2v) is 5.59. The van der Waals surface area contributed by atoms with Crippen molar-refractivity contribution >= 4 is 5.91 Å². The van der Waals surface area contributed by atoms with Gasteiger partial charge in [-0.3, -0.25) is 4.79 Å². The Morgan fingerprint density at radius 3 is 2.68 bits per heavy atom. The summed E-state index contributed by atoms with van der Waals surface area (Å²) < 4.78 is 0. The predicted molar refractivity (Wildman–Crippen MR) is 77.8 cm³/mol. The highest BCUT2D eigenvalue weighted by atomic mass is 16.2. The zero-order valence-corrected chi connectivity index (χ0v) is 12.1. The molecule has 1 aromatic rings. The summed E-state index contributed by atoms with van der Waals surface area (Å²) in [7, 11) is 1.91. The Morgan fingerprint density at radius 1 is 1.37 bits per heavy atom. The molecule has 1 aliphatic rings. The summed E-state index contributed by atoms with van der Waals surface area (Å²) in [5, 5.41) is 3.36. The first kappa shape index (κ1) is 14.1. The van der Waals surface area contributed by atoms with Crippen LogP contribution in [0.2, 0.25) is 0 Å². The summed E-state index contributed by atoms with van der Waals surface area (Å²) in [5.74, 6) is 0.634. The highest BCUT2D eigenvalue weighted by Crippen LogP contribution is 2.23. The van der Waals surface area contributed by atoms with Gasteiger partial charge in [-0.1, -0.05) is 37.3 Å². The summed E-state index contributed by atoms with van der Waals surface area (Å²) in [4.78, 5) is 14.5. The van der Waals surface area contributed by atoms with Gasteiger partial charge in [0.2, 0.25) is 5.91 Å². The van der Waals surface area contributed by atoms with Gasteiger partial charge in [0.25, 0.3) is 0 Å². The smallest absolute Gasteiger partial charge is 0.240 e. The molecule has 1 fully saturated rings. The molecule has 104 valence electrons. The fourth-order valence-electron chi connectivity index (χ4n) is 2.75. The molecule has 3 atom stereocenters. The van der Waals surface area contributed by atoms with E-state index in [1.165, 1.54) is 12.0 Å². The lowest BCUT2D eigenvalue weighted by Gasteiger charge is -2.34. The molecule has 3 unspecified atom stereocenters. The Kier molecular flexibility index (Phi) is 4.59. The van der Waals surface area contributed by atoms with Gasteiger partial charge in [0.15, 0.2) is 0 Å². The van der Waals surface area contributed by atoms with Crippen LogP contribution in [-0.2, 0) is 4.79 Å². The van der Waals surface area contributed by atoms with Gasteiger partial charge in [-0.25, -0.2) is 0 Å². The first-order chi connectivity index (χ1) is 9.11. The number of hydrogen-bond donors (Lipinski definition) is 1. The third kappa shape index (κ3) is 3.16. The number of piperidine rings is 1. The highest BCUT2D eigenvalue weighted by molar-refractivity contribution is 5.82. The summed E-state index contributed by atoms with van der Waals surface area (Å²) >= 11 is 0. The Morgan fingerprint density at radius 2 is 2.05 bits per heavy atom. The lowest BCUT2D eigenvalue weighted by atomic mass is 9.91. The number of benzene rings is 1. The molecular formula is C16H24N2O. The Labute approximate surface area is 116 Å². The minimum atomic E-state index is -0.0232. The Hall–Kier alpha value is -1.35. The summed E-state index contributed by atoms with van der Waals surface area (Å²) in [6, 6.07) is 10.3. The van der Waals surface area contributed by atoms with Crippen LogP contribution in [0.5, 0.6) is 0 Å². The molecule has 1 aromatic carbocycles. The van der Waals surface area contributed by atoms with Crippen LogP contribution < -0.4 is 5.32 Å². The van der Waals surface area contributed by atoms with Crippen LogP contribution in [0.25, 0.3) is 0 Å². The number of carbonyl (C=O) groups is 1. The maximum atomic E-state index is 12.6. The molecule has 0 aromatic heterocycles. The number of likely N-dealkylation sites (N-methyl/N-ethyl adjacent to an activating group) is 1. The molecule has 0 bridgehead atoms. The molecule has 1 N–H and O–H groups in total. The largest absolute Gasteiger partial charge is 0.338 e. The maximum absolute atomic E-state index is 12.6. The van der Waals surface area contributed by atoms with Crippen molar-refractivity contribution < 1.29 is 4.79 Å². The number of carbonyl (C=O) groups excluding carboxylic acids is 1. The van der Waals surface area contributed by atoms with Crippen molar-refractivity contribution in [2.45, 2.75) is 38.8 Å². The van der Waals surface area contributed by atoms with Gasteiger partial charge in [-0.05, 0) is 37.8 Å². The quantitative estimate of drug-likeness (QED) is 0.906. The van der Waals surface area contributed by atoms with Gasteiger partial charge >= 0.3 is 0 Å². The number of nitrogens with one attached hydrogen (secondary N) is 1. The maximum Gasteiger partial charge on any atom is 0.240 e. The van der Waals surface area contributed by atoms with E-state index in [9.17, 15) is 4.79 Å². The Balaban J connectivity index is 2.06.